The smallest absolute Gasteiger partial charge is 0.257 e. The SMILES string of the molecule is Cc1nc(C2CN(C(=O)c3ccc(F)cc3OC3CC4CCC(C3)N4C)CC2=N)ncc1Cl. The fraction of sp³-hybridized carbons (Fsp3) is 0.500. The van der Waals surface area contributed by atoms with Crippen LogP contribution in [0.4, 0.5) is 4.39 Å². The van der Waals surface area contributed by atoms with Crippen molar-refractivity contribution < 1.29 is 13.9 Å². The van der Waals surface area contributed by atoms with Crippen molar-refractivity contribution >= 4 is 23.2 Å². The van der Waals surface area contributed by atoms with E-state index >= 15 is 0 Å². The quantitative estimate of drug-likeness (QED) is 0.732. The molecule has 0 saturated carbocycles. The van der Waals surface area contributed by atoms with E-state index in [-0.39, 0.29) is 36.8 Å². The first-order valence-electron chi connectivity index (χ1n) is 11.3. The Bertz CT molecular complexity index is 1100. The monoisotopic (exact) mass is 471 g/mol. The number of nitrogens with zero attached hydrogens (tertiary/aromatic N) is 4. The van der Waals surface area contributed by atoms with Gasteiger partial charge in [0.25, 0.3) is 5.91 Å². The average Bonchev–Trinajstić information content (AvgIpc) is 3.24. The molecule has 3 atom stereocenters. The second kappa shape index (κ2) is 8.65. The highest BCUT2D eigenvalue weighted by molar-refractivity contribution is 6.31. The van der Waals surface area contributed by atoms with Gasteiger partial charge in [-0.2, -0.15) is 0 Å². The molecule has 5 rings (SSSR count). The van der Waals surface area contributed by atoms with Gasteiger partial charge in [-0.3, -0.25) is 4.79 Å². The third-order valence-electron chi connectivity index (χ3n) is 7.24. The predicted octanol–water partition coefficient (Wildman–Crippen LogP) is 3.84. The van der Waals surface area contributed by atoms with Crippen LogP contribution in [0.15, 0.2) is 24.4 Å². The lowest BCUT2D eigenvalue weighted by molar-refractivity contribution is 0.0631. The van der Waals surface area contributed by atoms with E-state index in [0.717, 1.165) is 25.7 Å². The van der Waals surface area contributed by atoms with E-state index in [1.165, 1.54) is 24.4 Å². The lowest BCUT2D eigenvalue weighted by Crippen LogP contribution is -2.44. The summed E-state index contributed by atoms with van der Waals surface area (Å²) in [4.78, 5) is 26.1. The molecule has 0 aliphatic carbocycles. The van der Waals surface area contributed by atoms with E-state index in [4.69, 9.17) is 21.7 Å². The van der Waals surface area contributed by atoms with Gasteiger partial charge in [0.05, 0.1) is 28.7 Å². The molecule has 7 nitrogen and oxygen atoms in total. The molecule has 174 valence electrons. The average molecular weight is 472 g/mol. The summed E-state index contributed by atoms with van der Waals surface area (Å²) in [5, 5.41) is 8.88. The second-order valence-corrected chi connectivity index (χ2v) is 9.73. The minimum atomic E-state index is -0.436. The van der Waals surface area contributed by atoms with Crippen LogP contribution < -0.4 is 4.74 Å². The van der Waals surface area contributed by atoms with Crippen LogP contribution in [0.5, 0.6) is 5.75 Å². The molecule has 3 aliphatic rings. The Hall–Kier alpha value is -2.58. The molecule has 2 aromatic rings. The number of carbonyl (C=O) groups excluding carboxylic acids is 1. The number of aromatic nitrogens is 2. The Morgan fingerprint density at radius 3 is 2.70 bits per heavy atom. The van der Waals surface area contributed by atoms with Crippen molar-refractivity contribution in [1.29, 1.82) is 5.41 Å². The van der Waals surface area contributed by atoms with Crippen molar-refractivity contribution in [3.8, 4) is 5.75 Å². The van der Waals surface area contributed by atoms with Crippen LogP contribution in [0.2, 0.25) is 5.02 Å². The number of nitrogens with one attached hydrogen (secondary N) is 1. The van der Waals surface area contributed by atoms with Gasteiger partial charge < -0.3 is 19.9 Å². The summed E-state index contributed by atoms with van der Waals surface area (Å²) in [6.45, 7) is 2.24. The molecule has 9 heteroatoms. The molecule has 3 fully saturated rings. The number of aryl methyl sites for hydroxylation is 1. The van der Waals surface area contributed by atoms with E-state index < -0.39 is 5.82 Å². The number of fused-ring (bicyclic) bond motifs is 2. The molecule has 3 saturated heterocycles. The van der Waals surface area contributed by atoms with E-state index in [0.29, 0.717) is 39.9 Å². The highest BCUT2D eigenvalue weighted by Gasteiger charge is 2.40. The fourth-order valence-corrected chi connectivity index (χ4v) is 5.41. The summed E-state index contributed by atoms with van der Waals surface area (Å²) in [7, 11) is 2.15. The van der Waals surface area contributed by atoms with Crippen LogP contribution >= 0.6 is 11.6 Å². The first kappa shape index (κ1) is 22.2. The molecule has 1 amide bonds. The zero-order valence-electron chi connectivity index (χ0n) is 18.7. The number of piperidine rings is 1. The van der Waals surface area contributed by atoms with E-state index in [9.17, 15) is 9.18 Å². The number of benzene rings is 1. The van der Waals surface area contributed by atoms with E-state index in [2.05, 4.69) is 21.9 Å². The standard InChI is InChI=1S/C24H27ClFN5O2/c1-13-20(25)10-28-23(29-13)19-11-31(12-21(19)27)24(32)18-6-3-14(26)7-22(18)33-17-8-15-4-5-16(9-17)30(15)2/h3,6-7,10,15-17,19,27H,4-5,8-9,11-12H2,1-2H3. The maximum Gasteiger partial charge on any atom is 0.257 e. The number of hydrogen-bond donors (Lipinski definition) is 1. The first-order valence-corrected chi connectivity index (χ1v) is 11.7. The lowest BCUT2D eigenvalue weighted by atomic mass is 10.0. The van der Waals surface area contributed by atoms with E-state index in [1.54, 1.807) is 11.8 Å². The molecule has 2 bridgehead atoms. The highest BCUT2D eigenvalue weighted by Crippen LogP contribution is 2.37. The summed E-state index contributed by atoms with van der Waals surface area (Å²) < 4.78 is 20.3. The van der Waals surface area contributed by atoms with E-state index in [1.807, 2.05) is 0 Å². The maximum atomic E-state index is 14.1. The third-order valence-corrected chi connectivity index (χ3v) is 7.62. The molecule has 3 aliphatic heterocycles. The predicted molar refractivity (Wildman–Crippen MR) is 123 cm³/mol. The molecule has 3 unspecified atom stereocenters. The summed E-state index contributed by atoms with van der Waals surface area (Å²) in [5.41, 5.74) is 1.33. The van der Waals surface area contributed by atoms with Crippen LogP contribution in [0.1, 0.15) is 53.5 Å². The molecule has 1 aromatic carbocycles. The van der Waals surface area contributed by atoms with Gasteiger partial charge in [0.2, 0.25) is 0 Å². The molecular formula is C24H27ClFN5O2. The number of ether oxygens (including phenoxy) is 1. The molecule has 1 N–H and O–H groups in total. The maximum absolute atomic E-state index is 14.1. The van der Waals surface area contributed by atoms with Crippen LogP contribution in [-0.4, -0.2) is 69.7 Å². The topological polar surface area (TPSA) is 82.4 Å². The normalized spacial score (nSPS) is 27.3. The van der Waals surface area contributed by atoms with Crippen molar-refractivity contribution in [3.05, 3.63) is 52.3 Å². The fourth-order valence-electron chi connectivity index (χ4n) is 5.32. The first-order chi connectivity index (χ1) is 15.8. The van der Waals surface area contributed by atoms with Crippen LogP contribution in [0.3, 0.4) is 0 Å². The molecular weight excluding hydrogens is 445 g/mol. The third kappa shape index (κ3) is 4.22. The van der Waals surface area contributed by atoms with Gasteiger partial charge in [-0.15, -0.1) is 0 Å². The van der Waals surface area contributed by atoms with Gasteiger partial charge in [-0.25, -0.2) is 14.4 Å². The Kier molecular flexibility index (Phi) is 5.82. The van der Waals surface area contributed by atoms with Gasteiger partial charge in [0, 0.05) is 36.6 Å². The second-order valence-electron chi connectivity index (χ2n) is 9.33. The van der Waals surface area contributed by atoms with Gasteiger partial charge in [-0.05, 0) is 51.8 Å². The summed E-state index contributed by atoms with van der Waals surface area (Å²) >= 11 is 6.03. The Labute approximate surface area is 197 Å². The zero-order valence-corrected chi connectivity index (χ0v) is 19.5. The largest absolute Gasteiger partial charge is 0.489 e. The molecule has 0 radical (unpaired) electrons. The number of hydrogen-bond acceptors (Lipinski definition) is 6. The van der Waals surface area contributed by atoms with Crippen molar-refractivity contribution in [2.45, 2.75) is 56.7 Å². The molecule has 0 spiro atoms. The zero-order chi connectivity index (χ0) is 23.3. The minimum Gasteiger partial charge on any atom is -0.489 e. The number of likely N-dealkylation sites (tertiary alicyclic amines) is 1. The lowest BCUT2D eigenvalue weighted by Gasteiger charge is -2.36. The van der Waals surface area contributed by atoms with Crippen LogP contribution in [0, 0.1) is 18.2 Å². The number of rotatable bonds is 4. The molecule has 1 aromatic heterocycles. The Balaban J connectivity index is 1.34. The Morgan fingerprint density at radius 1 is 1.27 bits per heavy atom. The number of halogens is 2. The molecule has 4 heterocycles. The highest BCUT2D eigenvalue weighted by atomic mass is 35.5. The van der Waals surface area contributed by atoms with Crippen molar-refractivity contribution in [1.82, 2.24) is 19.8 Å². The minimum absolute atomic E-state index is 0.0397. The van der Waals surface area contributed by atoms with Crippen molar-refractivity contribution in [2.24, 2.45) is 0 Å². The van der Waals surface area contributed by atoms with Gasteiger partial charge in [-0.1, -0.05) is 11.6 Å². The number of amides is 1. The molecule has 33 heavy (non-hydrogen) atoms. The summed E-state index contributed by atoms with van der Waals surface area (Å²) in [6, 6.07) is 5.02. The van der Waals surface area contributed by atoms with Crippen LogP contribution in [0.25, 0.3) is 0 Å². The van der Waals surface area contributed by atoms with Crippen LogP contribution in [-0.2, 0) is 0 Å². The summed E-state index contributed by atoms with van der Waals surface area (Å²) in [6.07, 6.45) is 5.54. The van der Waals surface area contributed by atoms with Gasteiger partial charge >= 0.3 is 0 Å². The van der Waals surface area contributed by atoms with Crippen molar-refractivity contribution in [2.75, 3.05) is 20.1 Å². The summed E-state index contributed by atoms with van der Waals surface area (Å²) in [5.74, 6) is -0.343. The van der Waals surface area contributed by atoms with Gasteiger partial charge in [0.1, 0.15) is 23.5 Å². The number of carbonyl (C=O) groups is 1. The van der Waals surface area contributed by atoms with Gasteiger partial charge in [0.15, 0.2) is 0 Å². The van der Waals surface area contributed by atoms with Crippen molar-refractivity contribution in [3.63, 3.8) is 0 Å². The Morgan fingerprint density at radius 2 is 2.00 bits per heavy atom.